The maximum atomic E-state index is 13.0. The average molecular weight is 292 g/mol. The van der Waals surface area contributed by atoms with Gasteiger partial charge >= 0.3 is 0 Å². The first-order chi connectivity index (χ1) is 9.60. The van der Waals surface area contributed by atoms with E-state index < -0.39 is 0 Å². The van der Waals surface area contributed by atoms with Gasteiger partial charge in [0.25, 0.3) is 0 Å². The molecule has 0 saturated carbocycles. The van der Waals surface area contributed by atoms with E-state index in [9.17, 15) is 4.39 Å². The molecule has 0 spiro atoms. The summed E-state index contributed by atoms with van der Waals surface area (Å²) in [5, 5.41) is 4.34. The SMILES string of the molecule is CCNCc1sc(-c2ccc(F)cc2)nc1CC(C)C. The molecule has 0 atom stereocenters. The molecule has 20 heavy (non-hydrogen) atoms. The largest absolute Gasteiger partial charge is 0.312 e. The highest BCUT2D eigenvalue weighted by Crippen LogP contribution is 2.29. The second-order valence-electron chi connectivity index (χ2n) is 5.27. The summed E-state index contributed by atoms with van der Waals surface area (Å²) in [7, 11) is 0. The molecule has 2 aromatic rings. The van der Waals surface area contributed by atoms with E-state index in [0.29, 0.717) is 5.92 Å². The van der Waals surface area contributed by atoms with Crippen LogP contribution in [0, 0.1) is 11.7 Å². The summed E-state index contributed by atoms with van der Waals surface area (Å²) in [5.41, 5.74) is 2.16. The summed E-state index contributed by atoms with van der Waals surface area (Å²) in [6.07, 6.45) is 0.985. The molecule has 0 amide bonds. The minimum Gasteiger partial charge on any atom is -0.312 e. The van der Waals surface area contributed by atoms with Crippen LogP contribution in [-0.2, 0) is 13.0 Å². The molecule has 2 nitrogen and oxygen atoms in total. The second-order valence-corrected chi connectivity index (χ2v) is 6.36. The van der Waals surface area contributed by atoms with Gasteiger partial charge in [-0.2, -0.15) is 0 Å². The Hall–Kier alpha value is -1.26. The molecule has 0 fully saturated rings. The molecule has 0 aliphatic carbocycles. The molecule has 0 aliphatic heterocycles. The van der Waals surface area contributed by atoms with Gasteiger partial charge in [-0.15, -0.1) is 11.3 Å². The summed E-state index contributed by atoms with van der Waals surface area (Å²) in [4.78, 5) is 6.05. The first-order valence-electron chi connectivity index (χ1n) is 7.05. The predicted molar refractivity (Wildman–Crippen MR) is 83.4 cm³/mol. The van der Waals surface area contributed by atoms with E-state index in [1.807, 2.05) is 0 Å². The number of aromatic nitrogens is 1. The molecule has 1 heterocycles. The van der Waals surface area contributed by atoms with Gasteiger partial charge in [0.05, 0.1) is 5.69 Å². The maximum absolute atomic E-state index is 13.0. The van der Waals surface area contributed by atoms with E-state index in [4.69, 9.17) is 4.98 Å². The Bertz CT molecular complexity index is 546. The van der Waals surface area contributed by atoms with Gasteiger partial charge in [0.15, 0.2) is 0 Å². The minimum atomic E-state index is -0.208. The van der Waals surface area contributed by atoms with Gasteiger partial charge in [0.2, 0.25) is 0 Å². The Morgan fingerprint density at radius 2 is 1.95 bits per heavy atom. The first kappa shape index (κ1) is 15.1. The number of rotatable bonds is 6. The van der Waals surface area contributed by atoms with Gasteiger partial charge in [-0.1, -0.05) is 20.8 Å². The summed E-state index contributed by atoms with van der Waals surface area (Å²) in [6, 6.07) is 6.57. The van der Waals surface area contributed by atoms with Crippen LogP contribution in [0.2, 0.25) is 0 Å². The highest BCUT2D eigenvalue weighted by atomic mass is 32.1. The van der Waals surface area contributed by atoms with Gasteiger partial charge in [0.1, 0.15) is 10.8 Å². The number of benzene rings is 1. The lowest BCUT2D eigenvalue weighted by molar-refractivity contribution is 0.627. The number of nitrogens with zero attached hydrogens (tertiary/aromatic N) is 1. The third-order valence-corrected chi connectivity index (χ3v) is 4.15. The minimum absolute atomic E-state index is 0.208. The highest BCUT2D eigenvalue weighted by Gasteiger charge is 2.13. The Morgan fingerprint density at radius 1 is 1.25 bits per heavy atom. The average Bonchev–Trinajstić information content (AvgIpc) is 2.79. The molecule has 0 unspecified atom stereocenters. The van der Waals surface area contributed by atoms with Gasteiger partial charge in [-0.05, 0) is 43.1 Å². The third-order valence-electron chi connectivity index (χ3n) is 3.01. The van der Waals surface area contributed by atoms with Crippen LogP contribution >= 0.6 is 11.3 Å². The summed E-state index contributed by atoms with van der Waals surface area (Å²) in [6.45, 7) is 8.31. The smallest absolute Gasteiger partial charge is 0.123 e. The number of thiazole rings is 1. The van der Waals surface area contributed by atoms with Crippen molar-refractivity contribution < 1.29 is 4.39 Å². The van der Waals surface area contributed by atoms with Crippen LogP contribution in [0.4, 0.5) is 4.39 Å². The van der Waals surface area contributed by atoms with E-state index in [-0.39, 0.29) is 5.82 Å². The van der Waals surface area contributed by atoms with Crippen molar-refractivity contribution in [1.82, 2.24) is 10.3 Å². The molecule has 0 saturated heterocycles. The zero-order valence-electron chi connectivity index (χ0n) is 12.2. The van der Waals surface area contributed by atoms with E-state index in [2.05, 4.69) is 26.1 Å². The molecule has 4 heteroatoms. The van der Waals surface area contributed by atoms with Crippen molar-refractivity contribution in [3.63, 3.8) is 0 Å². The fraction of sp³-hybridized carbons (Fsp3) is 0.438. The molecular weight excluding hydrogens is 271 g/mol. The maximum Gasteiger partial charge on any atom is 0.123 e. The van der Waals surface area contributed by atoms with Crippen molar-refractivity contribution in [3.05, 3.63) is 40.7 Å². The Kier molecular flexibility index (Phi) is 5.26. The van der Waals surface area contributed by atoms with Crippen LogP contribution in [-0.4, -0.2) is 11.5 Å². The van der Waals surface area contributed by atoms with E-state index in [1.54, 1.807) is 23.5 Å². The second kappa shape index (κ2) is 6.95. The number of halogens is 1. The first-order valence-corrected chi connectivity index (χ1v) is 7.87. The molecular formula is C16H21FN2S. The zero-order valence-corrected chi connectivity index (χ0v) is 13.1. The van der Waals surface area contributed by atoms with Crippen molar-refractivity contribution >= 4 is 11.3 Å². The summed E-state index contributed by atoms with van der Waals surface area (Å²) < 4.78 is 13.0. The van der Waals surface area contributed by atoms with Crippen molar-refractivity contribution in [2.24, 2.45) is 5.92 Å². The summed E-state index contributed by atoms with van der Waals surface area (Å²) in [5.74, 6) is 0.374. The predicted octanol–water partition coefficient (Wildman–Crippen LogP) is 4.26. The van der Waals surface area contributed by atoms with Crippen LogP contribution in [0.3, 0.4) is 0 Å². The fourth-order valence-electron chi connectivity index (χ4n) is 2.02. The molecule has 2 rings (SSSR count). The molecule has 1 N–H and O–H groups in total. The Balaban J connectivity index is 2.29. The van der Waals surface area contributed by atoms with Crippen LogP contribution in [0.5, 0.6) is 0 Å². The van der Waals surface area contributed by atoms with Crippen LogP contribution in [0.15, 0.2) is 24.3 Å². The molecule has 0 radical (unpaired) electrons. The van der Waals surface area contributed by atoms with Gasteiger partial charge in [-0.25, -0.2) is 9.37 Å². The molecule has 1 aromatic heterocycles. The molecule has 108 valence electrons. The van der Waals surface area contributed by atoms with Crippen molar-refractivity contribution in [2.45, 2.75) is 33.7 Å². The van der Waals surface area contributed by atoms with Crippen LogP contribution in [0.1, 0.15) is 31.3 Å². The number of hydrogen-bond acceptors (Lipinski definition) is 3. The van der Waals surface area contributed by atoms with Crippen LogP contribution < -0.4 is 5.32 Å². The van der Waals surface area contributed by atoms with Crippen molar-refractivity contribution in [1.29, 1.82) is 0 Å². The Labute approximate surface area is 124 Å². The zero-order chi connectivity index (χ0) is 14.5. The highest BCUT2D eigenvalue weighted by molar-refractivity contribution is 7.15. The fourth-order valence-corrected chi connectivity index (χ4v) is 3.09. The topological polar surface area (TPSA) is 24.9 Å². The lowest BCUT2D eigenvalue weighted by Gasteiger charge is -2.04. The summed E-state index contributed by atoms with van der Waals surface area (Å²) >= 11 is 1.70. The molecule has 1 aromatic carbocycles. The van der Waals surface area contributed by atoms with Crippen molar-refractivity contribution in [2.75, 3.05) is 6.54 Å². The molecule has 0 aliphatic rings. The number of nitrogens with one attached hydrogen (secondary N) is 1. The van der Waals surface area contributed by atoms with Gasteiger partial charge in [-0.3, -0.25) is 0 Å². The van der Waals surface area contributed by atoms with E-state index in [0.717, 1.165) is 30.1 Å². The van der Waals surface area contributed by atoms with Crippen LogP contribution in [0.25, 0.3) is 10.6 Å². The van der Waals surface area contributed by atoms with E-state index >= 15 is 0 Å². The lowest BCUT2D eigenvalue weighted by atomic mass is 10.1. The molecule has 0 bridgehead atoms. The van der Waals surface area contributed by atoms with E-state index in [1.165, 1.54) is 22.7 Å². The monoisotopic (exact) mass is 292 g/mol. The van der Waals surface area contributed by atoms with Crippen molar-refractivity contribution in [3.8, 4) is 10.6 Å². The Morgan fingerprint density at radius 3 is 2.55 bits per heavy atom. The normalized spacial score (nSPS) is 11.2. The third kappa shape index (κ3) is 3.87. The van der Waals surface area contributed by atoms with Gasteiger partial charge in [0, 0.05) is 17.0 Å². The quantitative estimate of drug-likeness (QED) is 0.860. The van der Waals surface area contributed by atoms with Gasteiger partial charge < -0.3 is 5.32 Å². The number of hydrogen-bond donors (Lipinski definition) is 1. The standard InChI is InChI=1S/C16H21FN2S/c1-4-18-10-15-14(9-11(2)3)19-16(20-15)12-5-7-13(17)8-6-12/h5-8,11,18H,4,9-10H2,1-3H3. The lowest BCUT2D eigenvalue weighted by Crippen LogP contribution is -2.12.